The number of aromatic hydroxyl groups is 1. The summed E-state index contributed by atoms with van der Waals surface area (Å²) in [5.74, 6) is -0.126. The zero-order chi connectivity index (χ0) is 18.9. The van der Waals surface area contributed by atoms with Gasteiger partial charge in [-0.25, -0.2) is 5.48 Å². The Kier molecular flexibility index (Phi) is 7.53. The van der Waals surface area contributed by atoms with Gasteiger partial charge in [0.05, 0.1) is 11.1 Å². The van der Waals surface area contributed by atoms with E-state index in [2.05, 4.69) is 10.2 Å². The number of phenols is 1. The fourth-order valence-electron chi connectivity index (χ4n) is 1.48. The molecule has 6 N–H and O–H groups in total. The zero-order valence-electron chi connectivity index (χ0n) is 13.2. The molecule has 0 amide bonds. The Balaban J connectivity index is 0.000000257. The largest absolute Gasteiger partial charge is 0.507 e. The molecule has 25 heavy (non-hydrogen) atoms. The lowest BCUT2D eigenvalue weighted by Crippen LogP contribution is -2.27. The smallest absolute Gasteiger partial charge is 0.294 e. The van der Waals surface area contributed by atoms with Crippen LogP contribution in [0.4, 0.5) is 0 Å². The van der Waals surface area contributed by atoms with E-state index in [1.54, 1.807) is 35.8 Å². The molecule has 2 aromatic rings. The molecule has 0 saturated carbocycles. The second-order valence-electron chi connectivity index (χ2n) is 4.69. The molecule has 0 atom stereocenters. The van der Waals surface area contributed by atoms with E-state index in [1.165, 1.54) is 24.4 Å². The number of benzene rings is 2. The van der Waals surface area contributed by atoms with E-state index in [-0.39, 0.29) is 16.6 Å². The van der Waals surface area contributed by atoms with Crippen LogP contribution in [-0.2, 0) is 10.1 Å². The average molecular weight is 366 g/mol. The van der Waals surface area contributed by atoms with Gasteiger partial charge in [-0.05, 0) is 31.2 Å². The van der Waals surface area contributed by atoms with Crippen molar-refractivity contribution in [2.45, 2.75) is 11.8 Å². The van der Waals surface area contributed by atoms with Crippen molar-refractivity contribution < 1.29 is 23.3 Å². The van der Waals surface area contributed by atoms with Gasteiger partial charge in [-0.3, -0.25) is 9.76 Å². The summed E-state index contributed by atoms with van der Waals surface area (Å²) in [6.07, 6.45) is 1.32. The Hall–Kier alpha value is -2.95. The van der Waals surface area contributed by atoms with Crippen LogP contribution in [0, 0.1) is 6.92 Å². The predicted molar refractivity (Wildman–Crippen MR) is 93.2 cm³/mol. The van der Waals surface area contributed by atoms with Crippen LogP contribution < -0.4 is 11.2 Å². The third-order valence-electron chi connectivity index (χ3n) is 2.73. The molecule has 0 radical (unpaired) electrons. The second-order valence-corrected chi connectivity index (χ2v) is 6.11. The van der Waals surface area contributed by atoms with Gasteiger partial charge in [0.2, 0.25) is 5.96 Å². The van der Waals surface area contributed by atoms with Gasteiger partial charge in [0.15, 0.2) is 0 Å². The van der Waals surface area contributed by atoms with Crippen LogP contribution in [0.5, 0.6) is 5.75 Å². The lowest BCUT2D eigenvalue weighted by molar-refractivity contribution is 0.232. The Morgan fingerprint density at radius 1 is 1.16 bits per heavy atom. The van der Waals surface area contributed by atoms with Crippen LogP contribution in [0.1, 0.15) is 11.1 Å². The van der Waals surface area contributed by atoms with Gasteiger partial charge in [0.25, 0.3) is 10.1 Å². The third kappa shape index (κ3) is 7.44. The lowest BCUT2D eigenvalue weighted by Gasteiger charge is -1.95. The highest BCUT2D eigenvalue weighted by Gasteiger charge is 2.06. The highest BCUT2D eigenvalue weighted by atomic mass is 32.2. The Morgan fingerprint density at radius 3 is 2.28 bits per heavy atom. The number of guanidine groups is 1. The number of hydroxylamine groups is 1. The number of hydrogen-bond donors (Lipinski definition) is 5. The van der Waals surface area contributed by atoms with Crippen LogP contribution >= 0.6 is 0 Å². The third-order valence-corrected chi connectivity index (χ3v) is 3.60. The maximum Gasteiger partial charge on any atom is 0.294 e. The molecule has 134 valence electrons. The van der Waals surface area contributed by atoms with Crippen molar-refractivity contribution in [3.8, 4) is 5.75 Å². The number of para-hydroxylation sites is 1. The monoisotopic (exact) mass is 366 g/mol. The summed E-state index contributed by atoms with van der Waals surface area (Å²) in [5, 5.41) is 24.5. The fourth-order valence-corrected chi connectivity index (χ4v) is 1.96. The molecule has 2 rings (SSSR count). The highest BCUT2D eigenvalue weighted by molar-refractivity contribution is 7.85. The first-order valence-corrected chi connectivity index (χ1v) is 8.27. The van der Waals surface area contributed by atoms with Crippen molar-refractivity contribution in [2.75, 3.05) is 0 Å². The molecule has 0 spiro atoms. The van der Waals surface area contributed by atoms with Crippen molar-refractivity contribution in [1.82, 2.24) is 5.48 Å². The number of nitrogens with two attached hydrogens (primary N) is 1. The van der Waals surface area contributed by atoms with Crippen LogP contribution in [-0.4, -0.2) is 35.5 Å². The summed E-state index contributed by atoms with van der Waals surface area (Å²) < 4.78 is 29.6. The van der Waals surface area contributed by atoms with E-state index < -0.39 is 10.1 Å². The standard InChI is InChI=1S/C8H10N4O2.C7H8O3S/c9-8(12-14)11-10-5-6-3-1-2-4-7(6)13;1-6-2-4-7(5-3-6)11(8,9)10/h1-5,13-14H,(H3,9,11,12);2-5H,1H3,(H,8,9,10)/b10-5-;. The average Bonchev–Trinajstić information content (AvgIpc) is 2.56. The first-order chi connectivity index (χ1) is 11.7. The summed E-state index contributed by atoms with van der Waals surface area (Å²) in [6, 6.07) is 12.6. The highest BCUT2D eigenvalue weighted by Crippen LogP contribution is 2.12. The number of phenolic OH excluding ortho intramolecular Hbond substituents is 1. The molecule has 0 aliphatic carbocycles. The quantitative estimate of drug-likeness (QED) is 0.237. The van der Waals surface area contributed by atoms with Crippen LogP contribution in [0.25, 0.3) is 0 Å². The van der Waals surface area contributed by atoms with Crippen LogP contribution in [0.2, 0.25) is 0 Å². The molecule has 2 aromatic carbocycles. The van der Waals surface area contributed by atoms with E-state index in [0.717, 1.165) is 5.56 Å². The van der Waals surface area contributed by atoms with Crippen molar-refractivity contribution >= 4 is 22.3 Å². The summed E-state index contributed by atoms with van der Waals surface area (Å²) in [6.45, 7) is 1.84. The second kappa shape index (κ2) is 9.37. The Labute approximate surface area is 144 Å². The number of hydrogen-bond acceptors (Lipinski definition) is 6. The first-order valence-electron chi connectivity index (χ1n) is 6.83. The Bertz CT molecular complexity index is 848. The van der Waals surface area contributed by atoms with Gasteiger partial charge < -0.3 is 10.8 Å². The number of nitrogens with one attached hydrogen (secondary N) is 1. The minimum atomic E-state index is -4.02. The SMILES string of the molecule is Cc1ccc(S(=O)(=O)O)cc1.N/C(=N\N=C/c1ccccc1O)NO. The van der Waals surface area contributed by atoms with Crippen molar-refractivity contribution in [2.24, 2.45) is 15.9 Å². The topological polar surface area (TPSA) is 158 Å². The van der Waals surface area contributed by atoms with Crippen molar-refractivity contribution in [3.05, 3.63) is 59.7 Å². The van der Waals surface area contributed by atoms with Crippen molar-refractivity contribution in [1.29, 1.82) is 0 Å². The molecular weight excluding hydrogens is 348 g/mol. The lowest BCUT2D eigenvalue weighted by atomic mass is 10.2. The minimum Gasteiger partial charge on any atom is -0.507 e. The van der Waals surface area contributed by atoms with Gasteiger partial charge >= 0.3 is 0 Å². The van der Waals surface area contributed by atoms with E-state index in [4.69, 9.17) is 15.5 Å². The number of aryl methyl sites for hydroxylation is 1. The summed E-state index contributed by atoms with van der Waals surface area (Å²) in [7, 11) is -4.02. The zero-order valence-corrected chi connectivity index (χ0v) is 14.1. The van der Waals surface area contributed by atoms with E-state index in [1.807, 2.05) is 6.92 Å². The Morgan fingerprint density at radius 2 is 1.76 bits per heavy atom. The van der Waals surface area contributed by atoms with Gasteiger partial charge in [0.1, 0.15) is 5.75 Å². The van der Waals surface area contributed by atoms with Gasteiger partial charge in [-0.2, -0.15) is 13.5 Å². The fraction of sp³-hybridized carbons (Fsp3) is 0.0667. The summed E-state index contributed by atoms with van der Waals surface area (Å²) in [5.41, 5.74) is 8.18. The maximum atomic E-state index is 10.5. The molecule has 9 nitrogen and oxygen atoms in total. The molecule has 0 bridgehead atoms. The molecular formula is C15H18N4O5S. The number of nitrogens with zero attached hydrogens (tertiary/aromatic N) is 2. The first kappa shape index (κ1) is 20.1. The van der Waals surface area contributed by atoms with E-state index in [9.17, 15) is 13.5 Å². The molecule has 0 aromatic heterocycles. The van der Waals surface area contributed by atoms with Crippen LogP contribution in [0.3, 0.4) is 0 Å². The molecule has 0 aliphatic heterocycles. The molecule has 0 saturated heterocycles. The van der Waals surface area contributed by atoms with Crippen molar-refractivity contribution in [3.63, 3.8) is 0 Å². The predicted octanol–water partition coefficient (Wildman–Crippen LogP) is 1.26. The normalized spacial score (nSPS) is 11.7. The summed E-state index contributed by atoms with van der Waals surface area (Å²) >= 11 is 0. The molecule has 0 unspecified atom stereocenters. The number of rotatable bonds is 3. The summed E-state index contributed by atoms with van der Waals surface area (Å²) in [4.78, 5) is -0.0666. The van der Waals surface area contributed by atoms with Gasteiger partial charge in [0, 0.05) is 5.56 Å². The van der Waals surface area contributed by atoms with Gasteiger partial charge in [-0.15, -0.1) is 5.10 Å². The van der Waals surface area contributed by atoms with Gasteiger partial charge in [-0.1, -0.05) is 29.8 Å². The molecule has 0 aliphatic rings. The van der Waals surface area contributed by atoms with E-state index >= 15 is 0 Å². The maximum absolute atomic E-state index is 10.5. The molecule has 0 heterocycles. The molecule has 10 heteroatoms. The van der Waals surface area contributed by atoms with E-state index in [0.29, 0.717) is 5.56 Å². The molecule has 0 fully saturated rings. The minimum absolute atomic E-state index is 0.0666. The van der Waals surface area contributed by atoms with Crippen LogP contribution in [0.15, 0.2) is 63.6 Å².